The zero-order valence-corrected chi connectivity index (χ0v) is 16.2. The van der Waals surface area contributed by atoms with Crippen molar-refractivity contribution in [2.75, 3.05) is 33.3 Å². The molecule has 0 aliphatic carbocycles. The van der Waals surface area contributed by atoms with Crippen LogP contribution >= 0.6 is 23.7 Å². The van der Waals surface area contributed by atoms with Crippen molar-refractivity contribution in [2.24, 2.45) is 0 Å². The van der Waals surface area contributed by atoms with Gasteiger partial charge in [0, 0.05) is 43.5 Å². The van der Waals surface area contributed by atoms with Gasteiger partial charge in [-0.1, -0.05) is 6.92 Å². The Hall–Kier alpha value is -1.63. The van der Waals surface area contributed by atoms with Crippen LogP contribution in [0.5, 0.6) is 5.75 Å². The van der Waals surface area contributed by atoms with E-state index >= 15 is 0 Å². The Morgan fingerprint density at radius 2 is 1.88 bits per heavy atom. The summed E-state index contributed by atoms with van der Waals surface area (Å²) in [6.07, 6.45) is 0.595. The van der Waals surface area contributed by atoms with Crippen molar-refractivity contribution >= 4 is 29.7 Å². The first-order valence-electron chi connectivity index (χ1n) is 8.28. The molecule has 25 heavy (non-hydrogen) atoms. The molecule has 0 atom stereocenters. The fraction of sp³-hybridized carbons (Fsp3) is 0.444. The topological polar surface area (TPSA) is 45.7 Å². The standard InChI is InChI=1S/C18H23N3O2S.ClH/c1-3-18(22)21-10-8-20(9-11-21)12-17-19-16(13-24-17)14-4-6-15(23-2)7-5-14;/h4-7,13H,3,8-12H2,1-2H3;1H. The van der Waals surface area contributed by atoms with Gasteiger partial charge in [0.25, 0.3) is 0 Å². The molecule has 0 spiro atoms. The Morgan fingerprint density at radius 1 is 1.20 bits per heavy atom. The number of hydrogen-bond acceptors (Lipinski definition) is 5. The van der Waals surface area contributed by atoms with Crippen LogP contribution in [0.2, 0.25) is 0 Å². The second kappa shape index (κ2) is 9.17. The van der Waals surface area contributed by atoms with Crippen LogP contribution in [-0.4, -0.2) is 54.0 Å². The van der Waals surface area contributed by atoms with E-state index in [2.05, 4.69) is 10.3 Å². The summed E-state index contributed by atoms with van der Waals surface area (Å²) in [4.78, 5) is 20.8. The van der Waals surface area contributed by atoms with E-state index in [1.165, 1.54) is 0 Å². The Bertz CT molecular complexity index is 682. The van der Waals surface area contributed by atoms with Gasteiger partial charge in [-0.15, -0.1) is 23.7 Å². The number of ether oxygens (including phenoxy) is 1. The second-order valence-corrected chi connectivity index (χ2v) is 6.81. The third kappa shape index (κ3) is 4.93. The van der Waals surface area contributed by atoms with E-state index in [4.69, 9.17) is 9.72 Å². The number of carbonyl (C=O) groups is 1. The molecule has 0 radical (unpaired) electrons. The average molecular weight is 382 g/mol. The van der Waals surface area contributed by atoms with Gasteiger partial charge in [0.1, 0.15) is 10.8 Å². The van der Waals surface area contributed by atoms with Gasteiger partial charge >= 0.3 is 0 Å². The molecule has 0 saturated carbocycles. The summed E-state index contributed by atoms with van der Waals surface area (Å²) in [5, 5.41) is 3.23. The molecule has 0 unspecified atom stereocenters. The smallest absolute Gasteiger partial charge is 0.222 e. The minimum Gasteiger partial charge on any atom is -0.497 e. The lowest BCUT2D eigenvalue weighted by molar-refractivity contribution is -0.132. The average Bonchev–Trinajstić information content (AvgIpc) is 3.10. The predicted octanol–water partition coefficient (Wildman–Crippen LogP) is 3.29. The maximum Gasteiger partial charge on any atom is 0.222 e. The molecule has 136 valence electrons. The largest absolute Gasteiger partial charge is 0.497 e. The number of amides is 1. The summed E-state index contributed by atoms with van der Waals surface area (Å²) in [6, 6.07) is 7.98. The van der Waals surface area contributed by atoms with Gasteiger partial charge in [0.2, 0.25) is 5.91 Å². The molecule has 1 fully saturated rings. The van der Waals surface area contributed by atoms with Gasteiger partial charge in [-0.2, -0.15) is 0 Å². The number of rotatable bonds is 5. The molecule has 0 N–H and O–H groups in total. The van der Waals surface area contributed by atoms with Crippen LogP contribution in [0.15, 0.2) is 29.6 Å². The van der Waals surface area contributed by atoms with Crippen LogP contribution in [0.4, 0.5) is 0 Å². The first-order valence-corrected chi connectivity index (χ1v) is 9.16. The van der Waals surface area contributed by atoms with Crippen LogP contribution in [0.25, 0.3) is 11.3 Å². The highest BCUT2D eigenvalue weighted by molar-refractivity contribution is 7.09. The molecule has 1 saturated heterocycles. The van der Waals surface area contributed by atoms with Crippen LogP contribution in [0.1, 0.15) is 18.4 Å². The number of methoxy groups -OCH3 is 1. The summed E-state index contributed by atoms with van der Waals surface area (Å²) in [5.41, 5.74) is 2.12. The van der Waals surface area contributed by atoms with Crippen LogP contribution in [0, 0.1) is 0 Å². The van der Waals surface area contributed by atoms with Crippen molar-refractivity contribution in [3.63, 3.8) is 0 Å². The lowest BCUT2D eigenvalue weighted by Crippen LogP contribution is -2.48. The lowest BCUT2D eigenvalue weighted by Gasteiger charge is -2.34. The fourth-order valence-electron chi connectivity index (χ4n) is 2.85. The monoisotopic (exact) mass is 381 g/mol. The molecule has 2 aromatic rings. The van der Waals surface area contributed by atoms with Gasteiger partial charge in [-0.3, -0.25) is 9.69 Å². The highest BCUT2D eigenvalue weighted by Gasteiger charge is 2.20. The highest BCUT2D eigenvalue weighted by atomic mass is 35.5. The van der Waals surface area contributed by atoms with Crippen LogP contribution in [-0.2, 0) is 11.3 Å². The number of piperazine rings is 1. The van der Waals surface area contributed by atoms with Crippen molar-refractivity contribution in [3.05, 3.63) is 34.7 Å². The quantitative estimate of drug-likeness (QED) is 0.797. The summed E-state index contributed by atoms with van der Waals surface area (Å²) in [5.74, 6) is 1.11. The molecule has 1 aromatic heterocycles. The number of carbonyl (C=O) groups excluding carboxylic acids is 1. The number of halogens is 1. The number of benzene rings is 1. The molecule has 2 heterocycles. The van der Waals surface area contributed by atoms with Crippen molar-refractivity contribution in [3.8, 4) is 17.0 Å². The lowest BCUT2D eigenvalue weighted by atomic mass is 10.2. The van der Waals surface area contributed by atoms with Crippen LogP contribution in [0.3, 0.4) is 0 Å². The number of hydrogen-bond donors (Lipinski definition) is 0. The third-order valence-electron chi connectivity index (χ3n) is 4.32. The summed E-state index contributed by atoms with van der Waals surface area (Å²) in [6.45, 7) is 6.26. The van der Waals surface area contributed by atoms with E-state index in [0.717, 1.165) is 54.7 Å². The number of thiazole rings is 1. The van der Waals surface area contributed by atoms with E-state index in [1.54, 1.807) is 18.4 Å². The van der Waals surface area contributed by atoms with Gasteiger partial charge in [-0.25, -0.2) is 4.98 Å². The Morgan fingerprint density at radius 3 is 2.48 bits per heavy atom. The zero-order valence-electron chi connectivity index (χ0n) is 14.6. The van der Waals surface area contributed by atoms with E-state index in [0.29, 0.717) is 6.42 Å². The van der Waals surface area contributed by atoms with Gasteiger partial charge in [0.15, 0.2) is 0 Å². The summed E-state index contributed by atoms with van der Waals surface area (Å²) < 4.78 is 5.19. The molecule has 5 nitrogen and oxygen atoms in total. The van der Waals surface area contributed by atoms with Gasteiger partial charge in [-0.05, 0) is 24.3 Å². The van der Waals surface area contributed by atoms with E-state index in [9.17, 15) is 4.79 Å². The van der Waals surface area contributed by atoms with Crippen molar-refractivity contribution in [1.82, 2.24) is 14.8 Å². The molecule has 0 bridgehead atoms. The van der Waals surface area contributed by atoms with Crippen molar-refractivity contribution < 1.29 is 9.53 Å². The number of nitrogens with zero attached hydrogens (tertiary/aromatic N) is 3. The molecule has 1 aliphatic rings. The SMILES string of the molecule is CCC(=O)N1CCN(Cc2nc(-c3ccc(OC)cc3)cs2)CC1.Cl. The maximum absolute atomic E-state index is 11.7. The Kier molecular flexibility index (Phi) is 7.23. The fourth-order valence-corrected chi connectivity index (χ4v) is 3.69. The highest BCUT2D eigenvalue weighted by Crippen LogP contribution is 2.25. The third-order valence-corrected chi connectivity index (χ3v) is 5.16. The molecule has 1 aliphatic heterocycles. The molecular weight excluding hydrogens is 358 g/mol. The van der Waals surface area contributed by atoms with E-state index in [1.807, 2.05) is 36.1 Å². The van der Waals surface area contributed by atoms with E-state index < -0.39 is 0 Å². The summed E-state index contributed by atoms with van der Waals surface area (Å²) in [7, 11) is 1.67. The normalized spacial score (nSPS) is 14.9. The predicted molar refractivity (Wildman–Crippen MR) is 103 cm³/mol. The Labute approximate surface area is 159 Å². The van der Waals surface area contributed by atoms with Crippen molar-refractivity contribution in [2.45, 2.75) is 19.9 Å². The van der Waals surface area contributed by atoms with Gasteiger partial charge < -0.3 is 9.64 Å². The second-order valence-electron chi connectivity index (χ2n) is 5.87. The minimum absolute atomic E-state index is 0. The Balaban J connectivity index is 0.00000225. The molecule has 7 heteroatoms. The maximum atomic E-state index is 11.7. The first kappa shape index (κ1) is 19.7. The minimum atomic E-state index is 0. The molecule has 1 amide bonds. The van der Waals surface area contributed by atoms with Gasteiger partial charge in [0.05, 0.1) is 19.3 Å². The molecular formula is C18H24ClN3O2S. The molecule has 3 rings (SSSR count). The number of aromatic nitrogens is 1. The zero-order chi connectivity index (χ0) is 16.9. The van der Waals surface area contributed by atoms with E-state index in [-0.39, 0.29) is 18.3 Å². The first-order chi connectivity index (χ1) is 11.7. The molecule has 1 aromatic carbocycles. The van der Waals surface area contributed by atoms with Crippen molar-refractivity contribution in [1.29, 1.82) is 0 Å². The van der Waals surface area contributed by atoms with Crippen LogP contribution < -0.4 is 4.74 Å². The summed E-state index contributed by atoms with van der Waals surface area (Å²) >= 11 is 1.70.